The zero-order valence-corrected chi connectivity index (χ0v) is 13.0. The molecular weight excluding hydrogens is 274 g/mol. The van der Waals surface area contributed by atoms with Gasteiger partial charge in [0.05, 0.1) is 0 Å². The third-order valence-electron chi connectivity index (χ3n) is 2.34. The van der Waals surface area contributed by atoms with Gasteiger partial charge in [-0.3, -0.25) is 0 Å². The standard InChI is InChI=1S/C16H20ClNO2/c1-12(13-7-9-14(17)10-8-13)6-5-11-18-15(19)20-16(2,3)4/h5,7-10H,11H2,1-4H3,(H,18,19). The Hall–Kier alpha value is -1.70. The molecule has 1 aromatic rings. The van der Waals surface area contributed by atoms with Gasteiger partial charge < -0.3 is 10.1 Å². The largest absolute Gasteiger partial charge is 0.444 e. The van der Waals surface area contributed by atoms with Crippen LogP contribution in [0.5, 0.6) is 0 Å². The summed E-state index contributed by atoms with van der Waals surface area (Å²) in [5.41, 5.74) is 4.66. The average molecular weight is 294 g/mol. The Kier molecular flexibility index (Phi) is 5.87. The number of hydrogen-bond acceptors (Lipinski definition) is 2. The van der Waals surface area contributed by atoms with Gasteiger partial charge in [0.25, 0.3) is 0 Å². The van der Waals surface area contributed by atoms with Gasteiger partial charge in [-0.1, -0.05) is 23.7 Å². The van der Waals surface area contributed by atoms with E-state index in [0.717, 1.165) is 11.1 Å². The van der Waals surface area contributed by atoms with Crippen molar-refractivity contribution in [3.63, 3.8) is 0 Å². The lowest BCUT2D eigenvalue weighted by molar-refractivity contribution is 0.0534. The van der Waals surface area contributed by atoms with Crippen LogP contribution in [-0.4, -0.2) is 18.2 Å². The third kappa shape index (κ3) is 6.46. The average Bonchev–Trinajstić information content (AvgIpc) is 2.33. The first-order valence-electron chi connectivity index (χ1n) is 6.42. The lowest BCUT2D eigenvalue weighted by Gasteiger charge is -2.19. The molecule has 3 nitrogen and oxygen atoms in total. The van der Waals surface area contributed by atoms with Crippen molar-refractivity contribution in [3.05, 3.63) is 46.7 Å². The van der Waals surface area contributed by atoms with Crippen LogP contribution in [0.15, 0.2) is 36.1 Å². The van der Waals surface area contributed by atoms with Gasteiger partial charge in [-0.2, -0.15) is 0 Å². The minimum Gasteiger partial charge on any atom is -0.444 e. The molecule has 0 saturated heterocycles. The molecule has 108 valence electrons. The van der Waals surface area contributed by atoms with Crippen LogP contribution >= 0.6 is 11.6 Å². The maximum Gasteiger partial charge on any atom is 0.407 e. The summed E-state index contributed by atoms with van der Waals surface area (Å²) < 4.78 is 5.12. The second kappa shape index (κ2) is 7.18. The highest BCUT2D eigenvalue weighted by atomic mass is 35.5. The van der Waals surface area contributed by atoms with Gasteiger partial charge in [0, 0.05) is 11.6 Å². The van der Waals surface area contributed by atoms with Crippen LogP contribution in [0.2, 0.25) is 5.02 Å². The van der Waals surface area contributed by atoms with Crippen molar-refractivity contribution in [2.75, 3.05) is 6.54 Å². The smallest absolute Gasteiger partial charge is 0.407 e. The molecule has 0 atom stereocenters. The Balaban J connectivity index is 2.53. The number of rotatable bonds is 3. The number of halogens is 1. The van der Waals surface area contributed by atoms with E-state index in [-0.39, 0.29) is 0 Å². The zero-order chi connectivity index (χ0) is 15.2. The molecule has 0 heterocycles. The Labute approximate surface area is 125 Å². The van der Waals surface area contributed by atoms with Crippen LogP contribution in [0.1, 0.15) is 33.3 Å². The van der Waals surface area contributed by atoms with E-state index in [9.17, 15) is 4.79 Å². The van der Waals surface area contributed by atoms with Crippen LogP contribution in [0.4, 0.5) is 4.79 Å². The molecule has 0 aliphatic rings. The monoisotopic (exact) mass is 293 g/mol. The molecule has 1 amide bonds. The number of ether oxygens (including phenoxy) is 1. The third-order valence-corrected chi connectivity index (χ3v) is 2.60. The predicted molar refractivity (Wildman–Crippen MR) is 82.9 cm³/mol. The minimum absolute atomic E-state index is 0.375. The number of amides is 1. The lowest BCUT2D eigenvalue weighted by Crippen LogP contribution is -2.32. The molecule has 0 radical (unpaired) electrons. The van der Waals surface area contributed by atoms with Gasteiger partial charge in [-0.15, -0.1) is 5.73 Å². The Morgan fingerprint density at radius 2 is 1.95 bits per heavy atom. The number of carbonyl (C=O) groups is 1. The van der Waals surface area contributed by atoms with E-state index in [0.29, 0.717) is 11.6 Å². The van der Waals surface area contributed by atoms with Gasteiger partial charge in [-0.05, 0) is 57.0 Å². The molecule has 0 unspecified atom stereocenters. The fourth-order valence-corrected chi connectivity index (χ4v) is 1.56. The second-order valence-electron chi connectivity index (χ2n) is 5.36. The van der Waals surface area contributed by atoms with Crippen molar-refractivity contribution in [1.29, 1.82) is 0 Å². The molecule has 0 fully saturated rings. The molecule has 20 heavy (non-hydrogen) atoms. The molecular formula is C16H20ClNO2. The maximum absolute atomic E-state index is 11.4. The van der Waals surface area contributed by atoms with Gasteiger partial charge in [0.1, 0.15) is 5.60 Å². The van der Waals surface area contributed by atoms with E-state index in [2.05, 4.69) is 11.0 Å². The first-order chi connectivity index (χ1) is 9.28. The molecule has 0 saturated carbocycles. The van der Waals surface area contributed by atoms with Crippen molar-refractivity contribution in [2.45, 2.75) is 33.3 Å². The van der Waals surface area contributed by atoms with Crippen LogP contribution < -0.4 is 5.32 Å². The number of alkyl carbamates (subject to hydrolysis) is 1. The molecule has 1 N–H and O–H groups in total. The molecule has 0 bridgehead atoms. The molecule has 0 aromatic heterocycles. The van der Waals surface area contributed by atoms with Crippen molar-refractivity contribution < 1.29 is 9.53 Å². The number of hydrogen-bond donors (Lipinski definition) is 1. The normalized spacial score (nSPS) is 10.4. The van der Waals surface area contributed by atoms with E-state index in [1.54, 1.807) is 6.08 Å². The summed E-state index contributed by atoms with van der Waals surface area (Å²) >= 11 is 5.83. The van der Waals surface area contributed by atoms with E-state index >= 15 is 0 Å². The molecule has 1 rings (SSSR count). The first kappa shape index (κ1) is 16.4. The van der Waals surface area contributed by atoms with E-state index in [4.69, 9.17) is 16.3 Å². The quantitative estimate of drug-likeness (QED) is 0.838. The summed E-state index contributed by atoms with van der Waals surface area (Å²) in [5, 5.41) is 3.35. The predicted octanol–water partition coefficient (Wildman–Crippen LogP) is 4.42. The molecule has 0 spiro atoms. The summed E-state index contributed by atoms with van der Waals surface area (Å²) in [6.45, 7) is 7.81. The van der Waals surface area contributed by atoms with Crippen molar-refractivity contribution in [2.24, 2.45) is 0 Å². The van der Waals surface area contributed by atoms with E-state index in [1.165, 1.54) is 0 Å². The van der Waals surface area contributed by atoms with Gasteiger partial charge in [0.15, 0.2) is 0 Å². The van der Waals surface area contributed by atoms with Crippen LogP contribution in [0.3, 0.4) is 0 Å². The minimum atomic E-state index is -0.483. The first-order valence-corrected chi connectivity index (χ1v) is 6.80. The van der Waals surface area contributed by atoms with E-state index in [1.807, 2.05) is 52.0 Å². The number of nitrogens with one attached hydrogen (secondary N) is 1. The van der Waals surface area contributed by atoms with Crippen LogP contribution in [-0.2, 0) is 4.74 Å². The zero-order valence-electron chi connectivity index (χ0n) is 12.3. The van der Waals surface area contributed by atoms with Crippen molar-refractivity contribution in [3.8, 4) is 0 Å². The highest BCUT2D eigenvalue weighted by Crippen LogP contribution is 2.15. The number of carbonyl (C=O) groups excluding carboxylic acids is 1. The summed E-state index contributed by atoms with van der Waals surface area (Å²) in [4.78, 5) is 11.4. The van der Waals surface area contributed by atoms with Gasteiger partial charge >= 0.3 is 6.09 Å². The summed E-state index contributed by atoms with van der Waals surface area (Å²) in [6, 6.07) is 7.53. The summed E-state index contributed by atoms with van der Waals surface area (Å²) in [5.74, 6) is 0. The van der Waals surface area contributed by atoms with Crippen LogP contribution in [0.25, 0.3) is 5.57 Å². The topological polar surface area (TPSA) is 38.3 Å². The summed E-state index contributed by atoms with van der Waals surface area (Å²) in [7, 11) is 0. The molecule has 0 aliphatic heterocycles. The highest BCUT2D eigenvalue weighted by Gasteiger charge is 2.14. The fourth-order valence-electron chi connectivity index (χ4n) is 1.44. The number of benzene rings is 1. The molecule has 1 aromatic carbocycles. The summed E-state index contributed by atoms with van der Waals surface area (Å²) in [6.07, 6.45) is 1.33. The Bertz CT molecular complexity index is 520. The van der Waals surface area contributed by atoms with E-state index < -0.39 is 11.7 Å². The Morgan fingerprint density at radius 3 is 2.50 bits per heavy atom. The maximum atomic E-state index is 11.4. The van der Waals surface area contributed by atoms with Crippen LogP contribution in [0, 0.1) is 0 Å². The lowest BCUT2D eigenvalue weighted by atomic mass is 10.1. The SMILES string of the molecule is CC(=C=CCNC(=O)OC(C)(C)C)c1ccc(Cl)cc1. The van der Waals surface area contributed by atoms with Crippen molar-refractivity contribution in [1.82, 2.24) is 5.32 Å². The van der Waals surface area contributed by atoms with Crippen molar-refractivity contribution >= 4 is 23.3 Å². The van der Waals surface area contributed by atoms with Gasteiger partial charge in [-0.25, -0.2) is 4.79 Å². The fraction of sp³-hybridized carbons (Fsp3) is 0.375. The highest BCUT2D eigenvalue weighted by molar-refractivity contribution is 6.30. The Morgan fingerprint density at radius 1 is 1.35 bits per heavy atom. The second-order valence-corrected chi connectivity index (χ2v) is 5.80. The van der Waals surface area contributed by atoms with Gasteiger partial charge in [0.2, 0.25) is 0 Å². The molecule has 4 heteroatoms. The molecule has 0 aliphatic carbocycles.